The summed E-state index contributed by atoms with van der Waals surface area (Å²) in [5.41, 5.74) is 2.46. The molecule has 0 amide bonds. The van der Waals surface area contributed by atoms with Gasteiger partial charge in [0, 0.05) is 25.0 Å². The summed E-state index contributed by atoms with van der Waals surface area (Å²) in [6.45, 7) is 3.54. The molecule has 0 radical (unpaired) electrons. The van der Waals surface area contributed by atoms with Gasteiger partial charge >= 0.3 is 0 Å². The van der Waals surface area contributed by atoms with Crippen LogP contribution in [0.15, 0.2) is 42.5 Å². The number of nitrogens with one attached hydrogen (secondary N) is 1. The fourth-order valence-corrected chi connectivity index (χ4v) is 2.25. The summed E-state index contributed by atoms with van der Waals surface area (Å²) in [4.78, 5) is 1.87. The fraction of sp³-hybridized carbons (Fsp3) is 0.294. The Morgan fingerprint density at radius 2 is 1.81 bits per heavy atom. The van der Waals surface area contributed by atoms with Crippen LogP contribution in [-0.2, 0) is 6.54 Å². The molecule has 0 aliphatic rings. The second-order valence-electron chi connectivity index (χ2n) is 4.99. The molecule has 0 unspecified atom stereocenters. The van der Waals surface area contributed by atoms with E-state index in [0.29, 0.717) is 6.54 Å². The van der Waals surface area contributed by atoms with Crippen LogP contribution in [0.25, 0.3) is 0 Å². The minimum atomic E-state index is -0.285. The van der Waals surface area contributed by atoms with Crippen molar-refractivity contribution in [2.75, 3.05) is 18.5 Å². The Morgan fingerprint density at radius 1 is 1.05 bits per heavy atom. The Labute approximate surface area is 124 Å². The van der Waals surface area contributed by atoms with Crippen LogP contribution >= 0.6 is 0 Å². The van der Waals surface area contributed by atoms with Crippen LogP contribution in [0, 0.1) is 11.6 Å². The van der Waals surface area contributed by atoms with Crippen LogP contribution in [0.2, 0.25) is 0 Å². The number of nitrogens with zero attached hydrogens (tertiary/aromatic N) is 1. The molecule has 0 atom stereocenters. The van der Waals surface area contributed by atoms with Gasteiger partial charge in [0.15, 0.2) is 0 Å². The van der Waals surface area contributed by atoms with E-state index < -0.39 is 0 Å². The third-order valence-corrected chi connectivity index (χ3v) is 3.34. The van der Waals surface area contributed by atoms with Gasteiger partial charge in [0.2, 0.25) is 0 Å². The van der Waals surface area contributed by atoms with Crippen molar-refractivity contribution in [3.8, 4) is 0 Å². The van der Waals surface area contributed by atoms with Crippen LogP contribution in [0.3, 0.4) is 0 Å². The Hall–Kier alpha value is -1.94. The minimum absolute atomic E-state index is 0.264. The van der Waals surface area contributed by atoms with E-state index in [1.807, 2.05) is 18.0 Å². The van der Waals surface area contributed by atoms with E-state index >= 15 is 0 Å². The zero-order valence-electron chi connectivity index (χ0n) is 12.4. The summed E-state index contributed by atoms with van der Waals surface area (Å²) in [6, 6.07) is 11.0. The van der Waals surface area contributed by atoms with Gasteiger partial charge in [-0.1, -0.05) is 13.0 Å². The summed E-state index contributed by atoms with van der Waals surface area (Å²) >= 11 is 0. The summed E-state index contributed by atoms with van der Waals surface area (Å²) in [6.07, 6.45) is 1.02. The maximum atomic E-state index is 13.5. The molecule has 0 aliphatic heterocycles. The molecule has 0 spiro atoms. The van der Waals surface area contributed by atoms with Gasteiger partial charge in [-0.3, -0.25) is 0 Å². The molecule has 0 aliphatic carbocycles. The molecule has 4 heteroatoms. The number of hydrogen-bond acceptors (Lipinski definition) is 2. The van der Waals surface area contributed by atoms with Gasteiger partial charge in [-0.2, -0.15) is 0 Å². The summed E-state index contributed by atoms with van der Waals surface area (Å²) in [5, 5.41) is 3.27. The highest BCUT2D eigenvalue weighted by molar-refractivity contribution is 5.65. The predicted molar refractivity (Wildman–Crippen MR) is 82.9 cm³/mol. The highest BCUT2D eigenvalue weighted by Gasteiger charge is 2.11. The van der Waals surface area contributed by atoms with Crippen LogP contribution in [0.5, 0.6) is 0 Å². The Kier molecular flexibility index (Phi) is 5.28. The standard InChI is InChI=1S/C17H20F2N2/c1-3-9-20-12-13-10-15(19)7-8-17(13)21(2)16-6-4-5-14(18)11-16/h4-8,10-11,20H,3,9,12H2,1-2H3. The van der Waals surface area contributed by atoms with Gasteiger partial charge in [-0.15, -0.1) is 0 Å². The third kappa shape index (κ3) is 4.02. The monoisotopic (exact) mass is 290 g/mol. The molecule has 0 saturated heterocycles. The van der Waals surface area contributed by atoms with Crippen LogP contribution in [-0.4, -0.2) is 13.6 Å². The molecule has 2 nitrogen and oxygen atoms in total. The SMILES string of the molecule is CCCNCc1cc(F)ccc1N(C)c1cccc(F)c1. The molecular weight excluding hydrogens is 270 g/mol. The first-order valence-corrected chi connectivity index (χ1v) is 7.10. The maximum absolute atomic E-state index is 13.5. The second-order valence-corrected chi connectivity index (χ2v) is 4.99. The van der Waals surface area contributed by atoms with Gasteiger partial charge in [-0.05, 0) is 54.9 Å². The largest absolute Gasteiger partial charge is 0.344 e. The molecule has 2 aromatic rings. The van der Waals surface area contributed by atoms with E-state index in [9.17, 15) is 8.78 Å². The molecule has 0 aromatic heterocycles. The molecule has 2 aromatic carbocycles. The summed E-state index contributed by atoms with van der Waals surface area (Å²) in [5.74, 6) is -0.549. The van der Waals surface area contributed by atoms with E-state index in [1.165, 1.54) is 24.3 Å². The lowest BCUT2D eigenvalue weighted by Crippen LogP contribution is -2.18. The number of benzene rings is 2. The number of rotatable bonds is 6. The van der Waals surface area contributed by atoms with Crippen molar-refractivity contribution in [1.29, 1.82) is 0 Å². The first-order valence-electron chi connectivity index (χ1n) is 7.10. The van der Waals surface area contributed by atoms with Gasteiger partial charge in [0.25, 0.3) is 0 Å². The fourth-order valence-electron chi connectivity index (χ4n) is 2.25. The van der Waals surface area contributed by atoms with Crippen molar-refractivity contribution in [1.82, 2.24) is 5.32 Å². The summed E-state index contributed by atoms with van der Waals surface area (Å²) < 4.78 is 26.8. The van der Waals surface area contributed by atoms with Crippen molar-refractivity contribution in [3.05, 3.63) is 59.7 Å². The first-order chi connectivity index (χ1) is 10.1. The second kappa shape index (κ2) is 7.18. The van der Waals surface area contributed by atoms with Crippen molar-refractivity contribution in [2.24, 2.45) is 0 Å². The Bertz CT molecular complexity index is 599. The lowest BCUT2D eigenvalue weighted by atomic mass is 10.1. The third-order valence-electron chi connectivity index (χ3n) is 3.34. The zero-order valence-corrected chi connectivity index (χ0v) is 12.4. The lowest BCUT2D eigenvalue weighted by Gasteiger charge is -2.23. The van der Waals surface area contributed by atoms with Crippen LogP contribution in [0.1, 0.15) is 18.9 Å². The van der Waals surface area contributed by atoms with Crippen molar-refractivity contribution in [3.63, 3.8) is 0 Å². The van der Waals surface area contributed by atoms with Gasteiger partial charge in [0.1, 0.15) is 11.6 Å². The predicted octanol–water partition coefficient (Wildman–Crippen LogP) is 4.23. The van der Waals surface area contributed by atoms with Gasteiger partial charge in [-0.25, -0.2) is 8.78 Å². The highest BCUT2D eigenvalue weighted by Crippen LogP contribution is 2.28. The molecule has 0 heterocycles. The molecule has 0 saturated carbocycles. The van der Waals surface area contributed by atoms with Gasteiger partial charge in [0.05, 0.1) is 0 Å². The maximum Gasteiger partial charge on any atom is 0.125 e. The quantitative estimate of drug-likeness (QED) is 0.801. The molecule has 21 heavy (non-hydrogen) atoms. The average molecular weight is 290 g/mol. The topological polar surface area (TPSA) is 15.3 Å². The van der Waals surface area contributed by atoms with Crippen molar-refractivity contribution >= 4 is 11.4 Å². The van der Waals surface area contributed by atoms with E-state index in [0.717, 1.165) is 29.9 Å². The van der Waals surface area contributed by atoms with E-state index in [2.05, 4.69) is 12.2 Å². The van der Waals surface area contributed by atoms with Gasteiger partial charge < -0.3 is 10.2 Å². The van der Waals surface area contributed by atoms with E-state index in [4.69, 9.17) is 0 Å². The summed E-state index contributed by atoms with van der Waals surface area (Å²) in [7, 11) is 1.85. The molecule has 0 bridgehead atoms. The average Bonchev–Trinajstić information content (AvgIpc) is 2.47. The normalized spacial score (nSPS) is 10.7. The van der Waals surface area contributed by atoms with Crippen LogP contribution in [0.4, 0.5) is 20.2 Å². The first kappa shape index (κ1) is 15.4. The zero-order chi connectivity index (χ0) is 15.2. The highest BCUT2D eigenvalue weighted by atomic mass is 19.1. The Balaban J connectivity index is 2.29. The van der Waals surface area contributed by atoms with Crippen molar-refractivity contribution < 1.29 is 8.78 Å². The smallest absolute Gasteiger partial charge is 0.125 e. The number of hydrogen-bond donors (Lipinski definition) is 1. The number of anilines is 2. The lowest BCUT2D eigenvalue weighted by molar-refractivity contribution is 0.619. The number of halogens is 2. The molecule has 2 rings (SSSR count). The molecular formula is C17H20F2N2. The van der Waals surface area contributed by atoms with Crippen molar-refractivity contribution in [2.45, 2.75) is 19.9 Å². The van der Waals surface area contributed by atoms with Crippen LogP contribution < -0.4 is 10.2 Å². The Morgan fingerprint density at radius 3 is 2.52 bits per heavy atom. The van der Waals surface area contributed by atoms with E-state index in [-0.39, 0.29) is 11.6 Å². The molecule has 112 valence electrons. The molecule has 0 fully saturated rings. The minimum Gasteiger partial charge on any atom is -0.344 e. The molecule has 1 N–H and O–H groups in total. The van der Waals surface area contributed by atoms with E-state index in [1.54, 1.807) is 12.1 Å².